The molecule has 19 heavy (non-hydrogen) atoms. The van der Waals surface area contributed by atoms with Crippen molar-refractivity contribution in [2.24, 2.45) is 5.41 Å². The quantitative estimate of drug-likeness (QED) is 0.623. The number of esters is 1. The van der Waals surface area contributed by atoms with Crippen molar-refractivity contribution in [2.45, 2.75) is 38.4 Å². The highest BCUT2D eigenvalue weighted by atomic mass is 32.2. The molecule has 0 aromatic heterocycles. The van der Waals surface area contributed by atoms with Crippen LogP contribution in [0.2, 0.25) is 0 Å². The van der Waals surface area contributed by atoms with Crippen molar-refractivity contribution < 1.29 is 22.2 Å². The van der Waals surface area contributed by atoms with Crippen molar-refractivity contribution in [3.63, 3.8) is 0 Å². The number of hydrogen-bond acceptors (Lipinski definition) is 5. The molecule has 7 heteroatoms. The van der Waals surface area contributed by atoms with E-state index < -0.39 is 25.9 Å². The maximum absolute atomic E-state index is 11.9. The molecule has 0 saturated heterocycles. The third-order valence-corrected chi connectivity index (χ3v) is 7.55. The summed E-state index contributed by atoms with van der Waals surface area (Å²) >= 11 is 0. The van der Waals surface area contributed by atoms with E-state index in [-0.39, 0.29) is 29.3 Å². The fraction of sp³-hybridized carbons (Fsp3) is 0.917. The van der Waals surface area contributed by atoms with Crippen LogP contribution in [-0.4, -0.2) is 48.2 Å². The van der Waals surface area contributed by atoms with Crippen LogP contribution in [0.5, 0.6) is 0 Å². The van der Waals surface area contributed by atoms with Crippen LogP contribution in [-0.2, 0) is 30.2 Å². The highest BCUT2D eigenvalue weighted by Gasteiger charge is 2.45. The van der Waals surface area contributed by atoms with Crippen molar-refractivity contribution in [3.05, 3.63) is 0 Å². The van der Waals surface area contributed by atoms with Crippen molar-refractivity contribution in [2.75, 3.05) is 24.4 Å². The van der Waals surface area contributed by atoms with Crippen molar-refractivity contribution in [1.29, 1.82) is 0 Å². The van der Waals surface area contributed by atoms with E-state index in [4.69, 9.17) is 0 Å². The second kappa shape index (κ2) is 6.35. The number of sulfone groups is 1. The largest absolute Gasteiger partial charge is 0.469 e. The topological polar surface area (TPSA) is 77.5 Å². The number of ether oxygens (including phenoxy) is 1. The molecular weight excluding hydrogens is 288 g/mol. The summed E-state index contributed by atoms with van der Waals surface area (Å²) in [5.41, 5.74) is -0.209. The van der Waals surface area contributed by atoms with E-state index in [2.05, 4.69) is 4.74 Å². The lowest BCUT2D eigenvalue weighted by molar-refractivity contribution is -0.141. The van der Waals surface area contributed by atoms with Crippen LogP contribution in [0.3, 0.4) is 0 Å². The summed E-state index contributed by atoms with van der Waals surface area (Å²) in [5, 5.41) is -0.436. The molecule has 0 aromatic carbocycles. The Labute approximate surface area is 117 Å². The summed E-state index contributed by atoms with van der Waals surface area (Å²) in [6.07, 6.45) is 2.02. The molecule has 112 valence electrons. The minimum atomic E-state index is -3.14. The summed E-state index contributed by atoms with van der Waals surface area (Å²) in [5.74, 6) is 0.217. The Morgan fingerprint density at radius 3 is 2.37 bits per heavy atom. The first-order chi connectivity index (χ1) is 8.71. The molecule has 1 atom stereocenters. The van der Waals surface area contributed by atoms with E-state index in [1.165, 1.54) is 7.11 Å². The number of carbonyl (C=O) groups is 1. The van der Waals surface area contributed by atoms with E-state index in [1.54, 1.807) is 13.8 Å². The Bertz CT molecular complexity index is 449. The van der Waals surface area contributed by atoms with Gasteiger partial charge in [0.05, 0.1) is 24.5 Å². The monoisotopic (exact) mass is 310 g/mol. The molecule has 0 amide bonds. The molecule has 1 unspecified atom stereocenters. The molecule has 1 aliphatic carbocycles. The van der Waals surface area contributed by atoms with E-state index in [0.717, 1.165) is 12.8 Å². The lowest BCUT2D eigenvalue weighted by Crippen LogP contribution is -2.25. The first kappa shape index (κ1) is 16.6. The third-order valence-electron chi connectivity index (χ3n) is 3.49. The molecule has 0 radical (unpaired) electrons. The van der Waals surface area contributed by atoms with Gasteiger partial charge in [0.15, 0.2) is 9.84 Å². The van der Waals surface area contributed by atoms with Gasteiger partial charge in [-0.05, 0) is 32.1 Å². The fourth-order valence-electron chi connectivity index (χ4n) is 1.79. The molecule has 1 rings (SSSR count). The lowest BCUT2D eigenvalue weighted by atomic mass is 10.1. The summed E-state index contributed by atoms with van der Waals surface area (Å²) in [6.45, 7) is 3.25. The maximum Gasteiger partial charge on any atom is 0.306 e. The van der Waals surface area contributed by atoms with Gasteiger partial charge in [0.1, 0.15) is 0 Å². The Hall–Kier alpha value is -0.430. The number of methoxy groups -OCH3 is 1. The van der Waals surface area contributed by atoms with E-state index in [0.29, 0.717) is 5.75 Å². The van der Waals surface area contributed by atoms with Gasteiger partial charge in [-0.15, -0.1) is 0 Å². The Kier molecular flexibility index (Phi) is 5.55. The molecular formula is C12H22O5S2. The normalized spacial score (nSPS) is 19.2. The van der Waals surface area contributed by atoms with Gasteiger partial charge in [-0.2, -0.15) is 0 Å². The average molecular weight is 310 g/mol. The molecule has 1 fully saturated rings. The summed E-state index contributed by atoms with van der Waals surface area (Å²) < 4.78 is 39.8. The second-order valence-corrected chi connectivity index (χ2v) is 9.71. The predicted molar refractivity (Wildman–Crippen MR) is 75.1 cm³/mol. The zero-order chi connectivity index (χ0) is 14.7. The molecule has 1 saturated carbocycles. The summed E-state index contributed by atoms with van der Waals surface area (Å²) in [4.78, 5) is 11.2. The molecule has 5 nitrogen and oxygen atoms in total. The summed E-state index contributed by atoms with van der Waals surface area (Å²) in [7, 11) is -3.00. The lowest BCUT2D eigenvalue weighted by Gasteiger charge is -2.13. The van der Waals surface area contributed by atoms with Gasteiger partial charge >= 0.3 is 5.97 Å². The smallest absolute Gasteiger partial charge is 0.306 e. The van der Waals surface area contributed by atoms with Crippen molar-refractivity contribution in [1.82, 2.24) is 0 Å². The zero-order valence-electron chi connectivity index (χ0n) is 11.7. The molecule has 1 aliphatic rings. The fourth-order valence-corrected chi connectivity index (χ4v) is 5.15. The van der Waals surface area contributed by atoms with Crippen molar-refractivity contribution in [3.8, 4) is 0 Å². The van der Waals surface area contributed by atoms with Gasteiger partial charge in [-0.1, -0.05) is 0 Å². The van der Waals surface area contributed by atoms with Gasteiger partial charge in [-0.25, -0.2) is 8.42 Å². The highest BCUT2D eigenvalue weighted by molar-refractivity contribution is 7.93. The predicted octanol–water partition coefficient (Wildman–Crippen LogP) is 0.902. The third kappa shape index (κ3) is 5.22. The van der Waals surface area contributed by atoms with Crippen LogP contribution >= 0.6 is 0 Å². The standard InChI is InChI=1S/C12H22O5S2/c1-10(2)19(15,16)7-6-18(14)9-12(4-5-12)8-11(13)17-3/h10H,4-9H2,1-3H3. The van der Waals surface area contributed by atoms with Gasteiger partial charge in [0.25, 0.3) is 0 Å². The first-order valence-corrected chi connectivity index (χ1v) is 9.54. The maximum atomic E-state index is 11.9. The van der Waals surface area contributed by atoms with Crippen LogP contribution < -0.4 is 0 Å². The van der Waals surface area contributed by atoms with Crippen LogP contribution in [0, 0.1) is 5.41 Å². The molecule has 0 bridgehead atoms. The van der Waals surface area contributed by atoms with E-state index in [9.17, 15) is 17.4 Å². The van der Waals surface area contributed by atoms with Gasteiger partial charge in [0, 0.05) is 22.3 Å². The van der Waals surface area contributed by atoms with Crippen LogP contribution in [0.1, 0.15) is 33.1 Å². The van der Waals surface area contributed by atoms with Crippen LogP contribution in [0.25, 0.3) is 0 Å². The highest BCUT2D eigenvalue weighted by Crippen LogP contribution is 2.49. The average Bonchev–Trinajstić information content (AvgIpc) is 3.05. The zero-order valence-corrected chi connectivity index (χ0v) is 13.3. The Morgan fingerprint density at radius 1 is 1.37 bits per heavy atom. The molecule has 0 N–H and O–H groups in total. The van der Waals surface area contributed by atoms with E-state index in [1.807, 2.05) is 0 Å². The van der Waals surface area contributed by atoms with Crippen LogP contribution in [0.4, 0.5) is 0 Å². The molecule has 0 aromatic rings. The second-order valence-electron chi connectivity index (χ2n) is 5.46. The minimum Gasteiger partial charge on any atom is -0.469 e. The molecule has 0 heterocycles. The van der Waals surface area contributed by atoms with E-state index >= 15 is 0 Å². The number of rotatable bonds is 8. The first-order valence-electron chi connectivity index (χ1n) is 6.34. The number of carbonyl (C=O) groups excluding carboxylic acids is 1. The van der Waals surface area contributed by atoms with Gasteiger partial charge < -0.3 is 4.74 Å². The van der Waals surface area contributed by atoms with Gasteiger partial charge in [-0.3, -0.25) is 9.00 Å². The number of hydrogen-bond donors (Lipinski definition) is 0. The summed E-state index contributed by atoms with van der Waals surface area (Å²) in [6, 6.07) is 0. The molecule has 0 aliphatic heterocycles. The van der Waals surface area contributed by atoms with Crippen LogP contribution in [0.15, 0.2) is 0 Å². The Morgan fingerprint density at radius 2 is 1.95 bits per heavy atom. The Balaban J connectivity index is 2.42. The van der Waals surface area contributed by atoms with Crippen molar-refractivity contribution >= 4 is 26.6 Å². The molecule has 0 spiro atoms. The SMILES string of the molecule is COC(=O)CC1(CS(=O)CCS(=O)(=O)C(C)C)CC1. The van der Waals surface area contributed by atoms with Gasteiger partial charge in [0.2, 0.25) is 0 Å². The minimum absolute atomic E-state index is 0.0500.